The van der Waals surface area contributed by atoms with E-state index in [-0.39, 0.29) is 37.4 Å². The van der Waals surface area contributed by atoms with Crippen LogP contribution in [0, 0.1) is 0 Å². The zero-order valence-electron chi connectivity index (χ0n) is 12.0. The van der Waals surface area contributed by atoms with E-state index in [9.17, 15) is 9.59 Å². The Hall–Kier alpha value is -1.93. The molecule has 1 aromatic heterocycles. The van der Waals surface area contributed by atoms with Gasteiger partial charge in [-0.3, -0.25) is 14.3 Å². The van der Waals surface area contributed by atoms with Crippen molar-refractivity contribution in [2.45, 2.75) is 38.0 Å². The highest BCUT2D eigenvalue weighted by molar-refractivity contribution is 5.90. The van der Waals surface area contributed by atoms with Crippen LogP contribution in [0.1, 0.15) is 19.3 Å². The van der Waals surface area contributed by atoms with E-state index >= 15 is 0 Å². The lowest BCUT2D eigenvalue weighted by atomic mass is 10.2. The lowest BCUT2D eigenvalue weighted by molar-refractivity contribution is -0.122. The van der Waals surface area contributed by atoms with E-state index in [4.69, 9.17) is 10.5 Å². The Morgan fingerprint density at radius 2 is 2.29 bits per heavy atom. The number of carbonyl (C=O) groups is 2. The molecule has 2 amide bonds. The smallest absolute Gasteiger partial charge is 0.241 e. The van der Waals surface area contributed by atoms with Gasteiger partial charge in [-0.2, -0.15) is 5.10 Å². The molecular weight excluding hydrogens is 274 g/mol. The summed E-state index contributed by atoms with van der Waals surface area (Å²) >= 11 is 0. The van der Waals surface area contributed by atoms with E-state index in [0.29, 0.717) is 11.7 Å². The highest BCUT2D eigenvalue weighted by Crippen LogP contribution is 2.18. The van der Waals surface area contributed by atoms with Crippen molar-refractivity contribution in [1.29, 1.82) is 0 Å². The molecule has 4 N–H and O–H groups in total. The highest BCUT2D eigenvalue weighted by atomic mass is 16.5. The lowest BCUT2D eigenvalue weighted by Crippen LogP contribution is -2.29. The quantitative estimate of drug-likeness (QED) is 0.596. The van der Waals surface area contributed by atoms with Crippen molar-refractivity contribution >= 4 is 17.5 Å². The van der Waals surface area contributed by atoms with E-state index < -0.39 is 0 Å². The van der Waals surface area contributed by atoms with Crippen LogP contribution >= 0.6 is 0 Å². The van der Waals surface area contributed by atoms with Crippen LogP contribution in [-0.2, 0) is 20.9 Å². The Balaban J connectivity index is 1.78. The molecule has 1 aromatic rings. The van der Waals surface area contributed by atoms with E-state index in [1.165, 1.54) is 18.0 Å². The Morgan fingerprint density at radius 3 is 2.90 bits per heavy atom. The van der Waals surface area contributed by atoms with Gasteiger partial charge in [0.2, 0.25) is 11.8 Å². The maximum Gasteiger partial charge on any atom is 0.241 e. The number of nitrogens with two attached hydrogens (primary N) is 1. The van der Waals surface area contributed by atoms with Crippen molar-refractivity contribution < 1.29 is 14.3 Å². The van der Waals surface area contributed by atoms with Crippen LogP contribution in [0.3, 0.4) is 0 Å². The maximum atomic E-state index is 11.8. The van der Waals surface area contributed by atoms with Gasteiger partial charge in [0.15, 0.2) is 0 Å². The summed E-state index contributed by atoms with van der Waals surface area (Å²) in [5.74, 6) is -0.268. The fraction of sp³-hybridized carbons (Fsp3) is 0.615. The number of nitrogens with one attached hydrogen (secondary N) is 2. The number of anilines is 1. The minimum atomic E-state index is -0.302. The second kappa shape index (κ2) is 7.19. The molecule has 0 bridgehead atoms. The Labute approximate surface area is 123 Å². The number of amides is 2. The van der Waals surface area contributed by atoms with Crippen LogP contribution in [0.25, 0.3) is 0 Å². The van der Waals surface area contributed by atoms with E-state index in [1.54, 1.807) is 6.20 Å². The molecule has 1 saturated carbocycles. The summed E-state index contributed by atoms with van der Waals surface area (Å²) in [6, 6.07) is 0.328. The van der Waals surface area contributed by atoms with Crippen molar-refractivity contribution in [3.8, 4) is 0 Å². The van der Waals surface area contributed by atoms with Crippen LogP contribution in [0.5, 0.6) is 0 Å². The third-order valence-corrected chi connectivity index (χ3v) is 3.17. The molecule has 0 spiro atoms. The van der Waals surface area contributed by atoms with Crippen LogP contribution in [0.4, 0.5) is 5.69 Å². The summed E-state index contributed by atoms with van der Waals surface area (Å²) in [5, 5.41) is 9.62. The Bertz CT molecular complexity index is 494. The fourth-order valence-corrected chi connectivity index (χ4v) is 1.84. The van der Waals surface area contributed by atoms with Crippen molar-refractivity contribution in [3.05, 3.63) is 12.4 Å². The van der Waals surface area contributed by atoms with Crippen molar-refractivity contribution in [1.82, 2.24) is 15.1 Å². The minimum Gasteiger partial charge on any atom is -0.380 e. The molecule has 2 rings (SSSR count). The molecule has 0 aromatic carbocycles. The molecule has 1 atom stereocenters. The molecule has 8 nitrogen and oxygen atoms in total. The summed E-state index contributed by atoms with van der Waals surface area (Å²) in [6.07, 6.45) is 5.10. The van der Waals surface area contributed by atoms with Crippen molar-refractivity contribution in [3.63, 3.8) is 0 Å². The number of hydrogen-bond donors (Lipinski definition) is 3. The zero-order valence-corrected chi connectivity index (χ0v) is 12.0. The molecular formula is C13H21N5O3. The van der Waals surface area contributed by atoms with Gasteiger partial charge < -0.3 is 21.1 Å². The number of aromatic nitrogens is 2. The third kappa shape index (κ3) is 5.16. The van der Waals surface area contributed by atoms with Crippen LogP contribution in [0.2, 0.25) is 0 Å². The average Bonchev–Trinajstić information content (AvgIpc) is 3.15. The zero-order chi connectivity index (χ0) is 15.2. The number of carbonyl (C=O) groups excluding carboxylic acids is 2. The number of hydrogen-bond acceptors (Lipinski definition) is 5. The second-order valence-corrected chi connectivity index (χ2v) is 5.11. The summed E-state index contributed by atoms with van der Waals surface area (Å²) in [4.78, 5) is 23.4. The third-order valence-electron chi connectivity index (χ3n) is 3.17. The number of rotatable bonds is 8. The molecule has 1 aliphatic rings. The topological polar surface area (TPSA) is 111 Å². The molecule has 21 heavy (non-hydrogen) atoms. The normalized spacial score (nSPS) is 15.5. The number of nitrogens with zero attached hydrogens (tertiary/aromatic N) is 2. The van der Waals surface area contributed by atoms with Crippen LogP contribution < -0.4 is 16.4 Å². The molecule has 1 unspecified atom stereocenters. The first kappa shape index (κ1) is 15.5. The van der Waals surface area contributed by atoms with Crippen LogP contribution in [0.15, 0.2) is 12.4 Å². The van der Waals surface area contributed by atoms with Gasteiger partial charge in [-0.1, -0.05) is 0 Å². The van der Waals surface area contributed by atoms with Gasteiger partial charge >= 0.3 is 0 Å². The van der Waals surface area contributed by atoms with E-state index in [2.05, 4.69) is 15.7 Å². The average molecular weight is 295 g/mol. The first-order valence-electron chi connectivity index (χ1n) is 6.95. The van der Waals surface area contributed by atoms with Crippen molar-refractivity contribution in [2.24, 2.45) is 5.73 Å². The van der Waals surface area contributed by atoms with Gasteiger partial charge in [0.1, 0.15) is 6.54 Å². The Kier molecular flexibility index (Phi) is 5.29. The van der Waals surface area contributed by atoms with Gasteiger partial charge in [-0.25, -0.2) is 0 Å². The predicted octanol–water partition coefficient (Wildman–Crippen LogP) is -0.536. The highest BCUT2D eigenvalue weighted by Gasteiger charge is 2.23. The lowest BCUT2D eigenvalue weighted by Gasteiger charge is -2.11. The summed E-state index contributed by atoms with van der Waals surface area (Å²) in [5.41, 5.74) is 6.01. The van der Waals surface area contributed by atoms with E-state index in [1.807, 2.05) is 0 Å². The minimum absolute atomic E-state index is 0.0685. The summed E-state index contributed by atoms with van der Waals surface area (Å²) in [6.45, 7) is 0.431. The van der Waals surface area contributed by atoms with Gasteiger partial charge in [-0.15, -0.1) is 0 Å². The molecule has 116 valence electrons. The number of ether oxygens (including phenoxy) is 1. The van der Waals surface area contributed by atoms with Gasteiger partial charge in [0.05, 0.1) is 24.4 Å². The molecule has 1 fully saturated rings. The van der Waals surface area contributed by atoms with E-state index in [0.717, 1.165) is 12.8 Å². The van der Waals surface area contributed by atoms with Gasteiger partial charge in [0, 0.05) is 25.9 Å². The first-order valence-corrected chi connectivity index (χ1v) is 6.95. The summed E-state index contributed by atoms with van der Waals surface area (Å²) < 4.78 is 6.54. The monoisotopic (exact) mass is 295 g/mol. The second-order valence-electron chi connectivity index (χ2n) is 5.11. The first-order chi connectivity index (χ1) is 10.1. The molecule has 0 saturated heterocycles. The maximum absolute atomic E-state index is 11.8. The molecule has 1 aliphatic carbocycles. The largest absolute Gasteiger partial charge is 0.380 e. The standard InChI is InChI=1S/C13H21N5O3/c1-21-11(5-14)4-12(19)17-10-6-15-18(7-10)8-13(20)16-9-2-3-9/h6-7,9,11H,2-5,8,14H2,1H3,(H,16,20)(H,17,19). The van der Waals surface area contributed by atoms with Crippen LogP contribution in [-0.4, -0.2) is 47.4 Å². The van der Waals surface area contributed by atoms with Crippen molar-refractivity contribution in [2.75, 3.05) is 19.0 Å². The predicted molar refractivity (Wildman–Crippen MR) is 76.5 cm³/mol. The fourth-order valence-electron chi connectivity index (χ4n) is 1.84. The van der Waals surface area contributed by atoms with Gasteiger partial charge in [-0.05, 0) is 12.8 Å². The Morgan fingerprint density at radius 1 is 1.52 bits per heavy atom. The summed E-state index contributed by atoms with van der Waals surface area (Å²) in [7, 11) is 1.52. The number of methoxy groups -OCH3 is 1. The SMILES string of the molecule is COC(CN)CC(=O)Nc1cnn(CC(=O)NC2CC2)c1. The molecule has 8 heteroatoms. The molecule has 0 aliphatic heterocycles. The van der Waals surface area contributed by atoms with Gasteiger partial charge in [0.25, 0.3) is 0 Å². The molecule has 1 heterocycles. The molecule has 0 radical (unpaired) electrons.